The van der Waals surface area contributed by atoms with Crippen molar-refractivity contribution in [1.82, 2.24) is 10.3 Å². The third kappa shape index (κ3) is 3.64. The monoisotopic (exact) mass is 226 g/mol. The summed E-state index contributed by atoms with van der Waals surface area (Å²) in [5.41, 5.74) is 0.108. The van der Waals surface area contributed by atoms with Gasteiger partial charge in [-0.2, -0.15) is 4.39 Å². The molecule has 0 aliphatic rings. The second-order valence-corrected chi connectivity index (χ2v) is 2.85. The van der Waals surface area contributed by atoms with Crippen LogP contribution in [-0.2, 0) is 9.53 Å². The standard InChI is InChI=1S/C10H11FN2O3/c1-2-16-9(14)6-13-10(15)7-3-4-12-8(11)5-7/h3-5H,2,6H2,1H3,(H,13,15). The smallest absolute Gasteiger partial charge is 0.325 e. The number of aromatic nitrogens is 1. The van der Waals surface area contributed by atoms with E-state index in [1.165, 1.54) is 12.3 Å². The maximum Gasteiger partial charge on any atom is 0.325 e. The summed E-state index contributed by atoms with van der Waals surface area (Å²) < 4.78 is 17.3. The molecule has 0 spiro atoms. The fourth-order valence-electron chi connectivity index (χ4n) is 1.01. The summed E-state index contributed by atoms with van der Waals surface area (Å²) in [5.74, 6) is -1.83. The highest BCUT2D eigenvalue weighted by Crippen LogP contribution is 1.99. The van der Waals surface area contributed by atoms with E-state index in [2.05, 4.69) is 15.0 Å². The summed E-state index contributed by atoms with van der Waals surface area (Å²) in [6.07, 6.45) is 1.18. The highest BCUT2D eigenvalue weighted by Gasteiger charge is 2.09. The summed E-state index contributed by atoms with van der Waals surface area (Å²) in [6, 6.07) is 2.34. The van der Waals surface area contributed by atoms with Crippen LogP contribution in [0.2, 0.25) is 0 Å². The van der Waals surface area contributed by atoms with Gasteiger partial charge in [-0.25, -0.2) is 4.98 Å². The Hall–Kier alpha value is -1.98. The lowest BCUT2D eigenvalue weighted by molar-refractivity contribution is -0.141. The Balaban J connectivity index is 2.50. The largest absolute Gasteiger partial charge is 0.465 e. The normalized spacial score (nSPS) is 9.62. The molecule has 0 bridgehead atoms. The number of amides is 1. The Morgan fingerprint density at radius 3 is 2.94 bits per heavy atom. The van der Waals surface area contributed by atoms with Gasteiger partial charge >= 0.3 is 5.97 Å². The molecule has 0 fully saturated rings. The van der Waals surface area contributed by atoms with E-state index in [1.807, 2.05) is 0 Å². The number of halogens is 1. The summed E-state index contributed by atoms with van der Waals surface area (Å²) >= 11 is 0. The van der Waals surface area contributed by atoms with Crippen LogP contribution in [0.15, 0.2) is 18.3 Å². The predicted octanol–water partition coefficient (Wildman–Crippen LogP) is 0.514. The summed E-state index contributed by atoms with van der Waals surface area (Å²) in [7, 11) is 0. The third-order valence-electron chi connectivity index (χ3n) is 1.69. The quantitative estimate of drug-likeness (QED) is 0.600. The van der Waals surface area contributed by atoms with E-state index in [1.54, 1.807) is 6.92 Å². The molecule has 5 nitrogen and oxygen atoms in total. The Morgan fingerprint density at radius 1 is 1.56 bits per heavy atom. The SMILES string of the molecule is CCOC(=O)CNC(=O)c1ccnc(F)c1. The molecule has 0 saturated carbocycles. The first kappa shape index (κ1) is 12.1. The molecule has 0 aliphatic heterocycles. The first-order valence-electron chi connectivity index (χ1n) is 4.69. The molecule has 0 aromatic carbocycles. The first-order valence-corrected chi connectivity index (χ1v) is 4.69. The minimum atomic E-state index is -0.746. The average molecular weight is 226 g/mol. The van der Waals surface area contributed by atoms with E-state index in [-0.39, 0.29) is 18.7 Å². The van der Waals surface area contributed by atoms with Crippen molar-refractivity contribution in [2.45, 2.75) is 6.92 Å². The number of ether oxygens (including phenoxy) is 1. The van der Waals surface area contributed by atoms with Gasteiger partial charge in [-0.3, -0.25) is 9.59 Å². The number of hydrogen-bond donors (Lipinski definition) is 1. The fourth-order valence-corrected chi connectivity index (χ4v) is 1.01. The number of pyridine rings is 1. The van der Waals surface area contributed by atoms with Crippen LogP contribution in [0.25, 0.3) is 0 Å². The second-order valence-electron chi connectivity index (χ2n) is 2.85. The van der Waals surface area contributed by atoms with E-state index >= 15 is 0 Å². The minimum Gasteiger partial charge on any atom is -0.465 e. The summed E-state index contributed by atoms with van der Waals surface area (Å²) in [6.45, 7) is 1.67. The lowest BCUT2D eigenvalue weighted by atomic mass is 10.2. The van der Waals surface area contributed by atoms with E-state index in [0.717, 1.165) is 6.07 Å². The van der Waals surface area contributed by atoms with Crippen LogP contribution in [0.3, 0.4) is 0 Å². The number of rotatable bonds is 4. The zero-order chi connectivity index (χ0) is 12.0. The lowest BCUT2D eigenvalue weighted by Crippen LogP contribution is -2.30. The molecule has 16 heavy (non-hydrogen) atoms. The molecule has 1 aromatic heterocycles. The number of carbonyl (C=O) groups is 2. The van der Waals surface area contributed by atoms with Crippen LogP contribution < -0.4 is 5.32 Å². The summed E-state index contributed by atoms with van der Waals surface area (Å²) in [5, 5.41) is 2.30. The molecule has 0 atom stereocenters. The number of nitrogens with one attached hydrogen (secondary N) is 1. The van der Waals surface area contributed by atoms with Crippen LogP contribution >= 0.6 is 0 Å². The Labute approximate surface area is 91.6 Å². The van der Waals surface area contributed by atoms with Crippen molar-refractivity contribution < 1.29 is 18.7 Å². The third-order valence-corrected chi connectivity index (χ3v) is 1.69. The molecule has 6 heteroatoms. The summed E-state index contributed by atoms with van der Waals surface area (Å²) in [4.78, 5) is 25.6. The predicted molar refractivity (Wildman–Crippen MR) is 53.2 cm³/mol. The number of hydrogen-bond acceptors (Lipinski definition) is 4. The molecule has 0 unspecified atom stereocenters. The van der Waals surface area contributed by atoms with E-state index in [0.29, 0.717) is 0 Å². The fraction of sp³-hybridized carbons (Fsp3) is 0.300. The van der Waals surface area contributed by atoms with Crippen LogP contribution in [0, 0.1) is 5.95 Å². The van der Waals surface area contributed by atoms with Crippen molar-refractivity contribution in [3.63, 3.8) is 0 Å². The van der Waals surface area contributed by atoms with Crippen molar-refractivity contribution in [3.8, 4) is 0 Å². The highest BCUT2D eigenvalue weighted by atomic mass is 19.1. The maximum absolute atomic E-state index is 12.7. The van der Waals surface area contributed by atoms with Gasteiger partial charge in [-0.15, -0.1) is 0 Å². The highest BCUT2D eigenvalue weighted by molar-refractivity contribution is 5.95. The van der Waals surface area contributed by atoms with Crippen molar-refractivity contribution in [3.05, 3.63) is 29.8 Å². The zero-order valence-electron chi connectivity index (χ0n) is 8.70. The van der Waals surface area contributed by atoms with Gasteiger partial charge in [0.15, 0.2) is 0 Å². The Bertz CT molecular complexity index is 395. The van der Waals surface area contributed by atoms with Gasteiger partial charge in [-0.05, 0) is 13.0 Å². The molecule has 0 saturated heterocycles. The Morgan fingerprint density at radius 2 is 2.31 bits per heavy atom. The van der Waals surface area contributed by atoms with Gasteiger partial charge in [-0.1, -0.05) is 0 Å². The number of carbonyl (C=O) groups excluding carboxylic acids is 2. The van der Waals surface area contributed by atoms with E-state index in [9.17, 15) is 14.0 Å². The van der Waals surface area contributed by atoms with E-state index in [4.69, 9.17) is 0 Å². The van der Waals surface area contributed by atoms with Gasteiger partial charge in [0, 0.05) is 17.8 Å². The van der Waals surface area contributed by atoms with Crippen molar-refractivity contribution in [2.75, 3.05) is 13.2 Å². The van der Waals surface area contributed by atoms with Crippen LogP contribution in [0.4, 0.5) is 4.39 Å². The van der Waals surface area contributed by atoms with Crippen molar-refractivity contribution in [2.24, 2.45) is 0 Å². The van der Waals surface area contributed by atoms with Gasteiger partial charge in [0.25, 0.3) is 5.91 Å². The van der Waals surface area contributed by atoms with Gasteiger partial charge in [0.05, 0.1) is 6.61 Å². The molecule has 0 aliphatic carbocycles. The molecular formula is C10H11FN2O3. The van der Waals surface area contributed by atoms with Gasteiger partial charge in [0.2, 0.25) is 5.95 Å². The first-order chi connectivity index (χ1) is 7.63. The van der Waals surface area contributed by atoms with Crippen molar-refractivity contribution in [1.29, 1.82) is 0 Å². The molecule has 1 aromatic rings. The topological polar surface area (TPSA) is 68.3 Å². The molecule has 86 valence electrons. The number of nitrogens with zero attached hydrogens (tertiary/aromatic N) is 1. The van der Waals surface area contributed by atoms with Crippen LogP contribution in [0.5, 0.6) is 0 Å². The van der Waals surface area contributed by atoms with Gasteiger partial charge in [0.1, 0.15) is 6.54 Å². The average Bonchev–Trinajstić information content (AvgIpc) is 2.26. The molecular weight excluding hydrogens is 215 g/mol. The molecule has 1 amide bonds. The number of esters is 1. The Kier molecular flexibility index (Phi) is 4.38. The minimum absolute atomic E-state index is 0.108. The van der Waals surface area contributed by atoms with E-state index < -0.39 is 17.8 Å². The second kappa shape index (κ2) is 5.79. The molecule has 1 N–H and O–H groups in total. The molecule has 0 radical (unpaired) electrons. The van der Waals surface area contributed by atoms with Crippen molar-refractivity contribution >= 4 is 11.9 Å². The van der Waals surface area contributed by atoms with Crippen LogP contribution in [-0.4, -0.2) is 30.0 Å². The van der Waals surface area contributed by atoms with Gasteiger partial charge < -0.3 is 10.1 Å². The zero-order valence-corrected chi connectivity index (χ0v) is 8.70. The molecule has 1 rings (SSSR count). The van der Waals surface area contributed by atoms with Crippen LogP contribution in [0.1, 0.15) is 17.3 Å². The molecule has 1 heterocycles. The lowest BCUT2D eigenvalue weighted by Gasteiger charge is -2.04. The maximum atomic E-state index is 12.7.